The fourth-order valence-electron chi connectivity index (χ4n) is 6.81. The van der Waals surface area contributed by atoms with Gasteiger partial charge in [-0.05, 0) is 75.5 Å². The van der Waals surface area contributed by atoms with Gasteiger partial charge in [0.1, 0.15) is 6.10 Å². The molecule has 0 N–H and O–H groups in total. The number of ether oxygens (including phenoxy) is 1. The first-order valence-corrected chi connectivity index (χ1v) is 16.6. The highest BCUT2D eigenvalue weighted by Crippen LogP contribution is 2.79. The number of hydrogen-bond acceptors (Lipinski definition) is 4. The first-order valence-electron chi connectivity index (χ1n) is 14.8. The summed E-state index contributed by atoms with van der Waals surface area (Å²) >= 11 is 0. The predicted molar refractivity (Wildman–Crippen MR) is 178 cm³/mol. The van der Waals surface area contributed by atoms with Crippen molar-refractivity contribution in [2.24, 2.45) is 0 Å². The molecule has 43 heavy (non-hydrogen) atoms. The molecule has 5 heteroatoms. The van der Waals surface area contributed by atoms with E-state index in [-0.39, 0.29) is 11.9 Å². The molecule has 0 bridgehead atoms. The Morgan fingerprint density at radius 2 is 1.30 bits per heavy atom. The van der Waals surface area contributed by atoms with E-state index < -0.39 is 14.8 Å². The molecule has 1 saturated heterocycles. The van der Waals surface area contributed by atoms with Crippen molar-refractivity contribution in [1.82, 2.24) is 0 Å². The normalized spacial score (nSPS) is 24.8. The Kier molecular flexibility index (Phi) is 6.98. The lowest BCUT2D eigenvalue weighted by Gasteiger charge is -2.50. The maximum Gasteiger partial charge on any atom is 0.172 e. The van der Waals surface area contributed by atoms with Gasteiger partial charge in [0, 0.05) is 44.3 Å². The monoisotopic (exact) mass is 584 g/mol. The number of anilines is 2. The summed E-state index contributed by atoms with van der Waals surface area (Å²) in [7, 11) is 2.23. The van der Waals surface area contributed by atoms with E-state index >= 15 is 0 Å². The van der Waals surface area contributed by atoms with Crippen molar-refractivity contribution in [1.29, 1.82) is 0 Å². The van der Waals surface area contributed by atoms with Gasteiger partial charge in [-0.3, -0.25) is 4.79 Å². The van der Waals surface area contributed by atoms with Gasteiger partial charge < -0.3 is 14.5 Å². The summed E-state index contributed by atoms with van der Waals surface area (Å²) in [5.41, 5.74) is 5.65. The second kappa shape index (κ2) is 11.0. The summed E-state index contributed by atoms with van der Waals surface area (Å²) in [6.07, 6.45) is 10.1. The van der Waals surface area contributed by atoms with Crippen LogP contribution in [0.5, 0.6) is 0 Å². The van der Waals surface area contributed by atoms with Crippen LogP contribution in [0.4, 0.5) is 11.4 Å². The Labute approximate surface area is 255 Å². The zero-order valence-corrected chi connectivity index (χ0v) is 25.4. The van der Waals surface area contributed by atoms with Crippen LogP contribution < -0.4 is 9.80 Å². The molecule has 1 spiro atoms. The first kappa shape index (κ1) is 27.4. The van der Waals surface area contributed by atoms with Crippen LogP contribution in [0.25, 0.3) is 0 Å². The summed E-state index contributed by atoms with van der Waals surface area (Å²) in [4.78, 5) is 20.8. The van der Waals surface area contributed by atoms with Gasteiger partial charge in [-0.2, -0.15) is 10.0 Å². The Bertz CT molecular complexity index is 1670. The molecular weight excluding hydrogens is 548 g/mol. The van der Waals surface area contributed by atoms with Crippen molar-refractivity contribution in [2.45, 2.75) is 33.7 Å². The van der Waals surface area contributed by atoms with E-state index in [0.29, 0.717) is 5.75 Å². The largest absolute Gasteiger partial charge is 0.491 e. The summed E-state index contributed by atoms with van der Waals surface area (Å²) in [5, 5.41) is 0. The van der Waals surface area contributed by atoms with Crippen LogP contribution in [-0.2, 0) is 22.6 Å². The van der Waals surface area contributed by atoms with Crippen LogP contribution in [0.3, 0.4) is 0 Å². The Hall–Kier alpha value is -4.48. The molecule has 0 amide bonds. The molecule has 1 fully saturated rings. The zero-order valence-electron chi connectivity index (χ0n) is 24.6. The second-order valence-corrected chi connectivity index (χ2v) is 15.0. The molecule has 0 saturated carbocycles. The fourth-order valence-corrected chi connectivity index (χ4v) is 11.6. The summed E-state index contributed by atoms with van der Waals surface area (Å²) < 4.78 is 5.70. The minimum Gasteiger partial charge on any atom is -0.491 e. The number of ketones is 1. The van der Waals surface area contributed by atoms with Crippen molar-refractivity contribution in [2.75, 3.05) is 29.6 Å². The Morgan fingerprint density at radius 1 is 0.744 bits per heavy atom. The van der Waals surface area contributed by atoms with E-state index in [1.807, 2.05) is 6.08 Å². The van der Waals surface area contributed by atoms with Gasteiger partial charge in [0.15, 0.2) is 5.78 Å². The van der Waals surface area contributed by atoms with E-state index in [2.05, 4.69) is 151 Å². The van der Waals surface area contributed by atoms with Gasteiger partial charge in [0.2, 0.25) is 0 Å². The van der Waals surface area contributed by atoms with Crippen LogP contribution in [0.15, 0.2) is 155 Å². The van der Waals surface area contributed by atoms with Crippen molar-refractivity contribution >= 4 is 27.2 Å². The molecule has 3 atom stereocenters. The van der Waals surface area contributed by atoms with E-state index in [4.69, 9.17) is 4.74 Å². The van der Waals surface area contributed by atoms with Crippen LogP contribution >= 0.6 is 10.0 Å². The predicted octanol–water partition coefficient (Wildman–Crippen LogP) is 7.91. The van der Waals surface area contributed by atoms with E-state index in [0.717, 1.165) is 30.0 Å². The maximum atomic E-state index is 13.8. The van der Waals surface area contributed by atoms with Gasteiger partial charge in [-0.1, -0.05) is 78.9 Å². The van der Waals surface area contributed by atoms with Gasteiger partial charge in [0.05, 0.1) is 16.6 Å². The zero-order chi connectivity index (χ0) is 29.4. The fraction of sp³-hybridized carbons (Fsp3) is 0.184. The third kappa shape index (κ3) is 4.50. The summed E-state index contributed by atoms with van der Waals surface area (Å²) in [5.74, 6) is 0.669. The molecule has 0 aromatic heterocycles. The van der Waals surface area contributed by atoms with Crippen molar-refractivity contribution in [3.05, 3.63) is 156 Å². The van der Waals surface area contributed by atoms with Crippen LogP contribution in [0.2, 0.25) is 0 Å². The molecule has 0 radical (unpaired) electrons. The number of rotatable bonds is 8. The quantitative estimate of drug-likeness (QED) is 0.211. The van der Waals surface area contributed by atoms with Crippen molar-refractivity contribution < 1.29 is 9.53 Å². The minimum absolute atomic E-state index is 0.188. The summed E-state index contributed by atoms with van der Waals surface area (Å²) in [6.45, 7) is 1.61. The Morgan fingerprint density at radius 3 is 1.86 bits per heavy atom. The van der Waals surface area contributed by atoms with E-state index in [1.54, 1.807) is 6.26 Å². The Balaban J connectivity index is 1.34. The lowest BCUT2D eigenvalue weighted by Crippen LogP contribution is -2.41. The van der Waals surface area contributed by atoms with Crippen molar-refractivity contribution in [3.63, 3.8) is 0 Å². The summed E-state index contributed by atoms with van der Waals surface area (Å²) in [6, 6.07) is 39.1. The van der Waals surface area contributed by atoms with Crippen LogP contribution in [-0.4, -0.2) is 36.5 Å². The maximum absolute atomic E-state index is 13.8. The molecule has 4 aromatic rings. The smallest absolute Gasteiger partial charge is 0.172 e. The number of benzene rings is 4. The number of carbonyl (C=O) groups excluding carboxylic acids is 1. The molecular formula is C38H36N2O2S. The molecule has 2 heterocycles. The molecule has 4 aromatic carbocycles. The third-order valence-corrected chi connectivity index (χ3v) is 13.5. The molecule has 7 rings (SSSR count). The topological polar surface area (TPSA) is 32.8 Å². The average Bonchev–Trinajstić information content (AvgIpc) is 3.56. The number of nitrogens with zero attached hydrogens (tertiary/aromatic N) is 2. The SMILES string of the molecule is CN(C)c1ccc(S2(c3ccc(N(Cc4ccccc4)Cc4ccccc4)cc3)CC(=O)C3=COC4C=CC=CC342)cc1. The third-order valence-electron chi connectivity index (χ3n) is 8.93. The highest BCUT2D eigenvalue weighted by molar-refractivity contribution is 8.36. The first-order chi connectivity index (χ1) is 21.0. The van der Waals surface area contributed by atoms with E-state index in [9.17, 15) is 4.79 Å². The molecule has 1 aliphatic carbocycles. The highest BCUT2D eigenvalue weighted by atomic mass is 32.3. The van der Waals surface area contributed by atoms with E-state index in [1.165, 1.54) is 20.9 Å². The molecule has 216 valence electrons. The number of allylic oxidation sites excluding steroid dienone is 2. The number of Topliss-reactive ketones (excluding diaryl/α,β-unsaturated/α-hetero) is 1. The van der Waals surface area contributed by atoms with Crippen LogP contribution in [0.1, 0.15) is 11.1 Å². The lowest BCUT2D eigenvalue weighted by atomic mass is 9.89. The lowest BCUT2D eigenvalue weighted by molar-refractivity contribution is -0.113. The average molecular weight is 585 g/mol. The number of carbonyl (C=O) groups is 1. The van der Waals surface area contributed by atoms with Gasteiger partial charge in [-0.25, -0.2) is 0 Å². The van der Waals surface area contributed by atoms with Gasteiger partial charge >= 0.3 is 0 Å². The number of hydrogen-bond donors (Lipinski definition) is 0. The van der Waals surface area contributed by atoms with Crippen LogP contribution in [0, 0.1) is 0 Å². The van der Waals surface area contributed by atoms with Gasteiger partial charge in [0.25, 0.3) is 0 Å². The second-order valence-electron chi connectivity index (χ2n) is 11.6. The minimum atomic E-state index is -1.89. The highest BCUT2D eigenvalue weighted by Gasteiger charge is 2.65. The standard InChI is InChI=1S/C38H36N2O2S/c1-39(2)31-16-20-33(21-17-31)43(28-36(41)35-27-42-37-15-9-10-24-38(35,37)43)34-22-18-32(19-23-34)40(25-29-11-5-3-6-12-29)26-30-13-7-4-8-14-30/h3-24,27,37H,25-26,28H2,1-2H3. The molecule has 4 nitrogen and oxygen atoms in total. The molecule has 3 unspecified atom stereocenters. The molecule has 3 aliphatic rings. The van der Waals surface area contributed by atoms with Gasteiger partial charge in [-0.15, -0.1) is 0 Å². The molecule has 2 aliphatic heterocycles. The van der Waals surface area contributed by atoms with Crippen molar-refractivity contribution in [3.8, 4) is 0 Å².